The summed E-state index contributed by atoms with van der Waals surface area (Å²) in [4.78, 5) is 12.6. The van der Waals surface area contributed by atoms with Crippen LogP contribution in [0, 0.1) is 12.7 Å². The summed E-state index contributed by atoms with van der Waals surface area (Å²) in [5.41, 5.74) is 1.77. The summed E-state index contributed by atoms with van der Waals surface area (Å²) in [6.07, 6.45) is 0. The van der Waals surface area contributed by atoms with Crippen molar-refractivity contribution in [3.05, 3.63) is 52.8 Å². The van der Waals surface area contributed by atoms with Gasteiger partial charge in [-0.15, -0.1) is 0 Å². The van der Waals surface area contributed by atoms with E-state index < -0.39 is 0 Å². The van der Waals surface area contributed by atoms with Gasteiger partial charge in [-0.1, -0.05) is 12.1 Å². The molecule has 2 aromatic carbocycles. The largest absolute Gasteiger partial charge is 0.490 e. The molecule has 1 N–H and O–H groups in total. The van der Waals surface area contributed by atoms with Crippen molar-refractivity contribution in [2.45, 2.75) is 34.2 Å². The maximum atomic E-state index is 13.4. The molecule has 0 spiro atoms. The molecule has 0 heterocycles. The summed E-state index contributed by atoms with van der Waals surface area (Å²) in [6.45, 7) is 8.90. The van der Waals surface area contributed by atoms with Crippen LogP contribution in [0.4, 0.5) is 4.39 Å². The fraction of sp³-hybridized carbons (Fsp3) is 0.381. The molecule has 2 rings (SSSR count). The predicted octanol–water partition coefficient (Wildman–Crippen LogP) is 4.26. The van der Waals surface area contributed by atoms with E-state index in [0.29, 0.717) is 54.7 Å². The normalized spacial score (nSPS) is 10.4. The Hall–Kier alpha value is -2.76. The lowest BCUT2D eigenvalue weighted by molar-refractivity contribution is 0.0949. The standard InChI is InChI=1S/C21H26FNO4/c1-5-25-18-11-16(12-19(26-6-2)20(18)27-7-3)21(24)23-13-15-8-9-17(22)14(4)10-15/h8-12H,5-7,13H2,1-4H3,(H,23,24). The van der Waals surface area contributed by atoms with Crippen molar-refractivity contribution in [2.24, 2.45) is 0 Å². The van der Waals surface area contributed by atoms with Gasteiger partial charge >= 0.3 is 0 Å². The highest BCUT2D eigenvalue weighted by molar-refractivity contribution is 5.95. The molecule has 0 atom stereocenters. The summed E-state index contributed by atoms with van der Waals surface area (Å²) in [5.74, 6) is 0.884. The van der Waals surface area contributed by atoms with Gasteiger partial charge in [0.2, 0.25) is 5.75 Å². The van der Waals surface area contributed by atoms with Crippen molar-refractivity contribution in [1.82, 2.24) is 5.32 Å². The highest BCUT2D eigenvalue weighted by atomic mass is 19.1. The number of ether oxygens (including phenoxy) is 3. The summed E-state index contributed by atoms with van der Waals surface area (Å²) in [5, 5.41) is 2.84. The van der Waals surface area contributed by atoms with Gasteiger partial charge in [0, 0.05) is 12.1 Å². The lowest BCUT2D eigenvalue weighted by Gasteiger charge is -2.17. The quantitative estimate of drug-likeness (QED) is 0.711. The molecule has 0 aliphatic rings. The second-order valence-corrected chi connectivity index (χ2v) is 5.87. The lowest BCUT2D eigenvalue weighted by Crippen LogP contribution is -2.23. The molecule has 0 saturated heterocycles. The fourth-order valence-electron chi connectivity index (χ4n) is 2.62. The van der Waals surface area contributed by atoms with Crippen LogP contribution >= 0.6 is 0 Å². The summed E-state index contributed by atoms with van der Waals surface area (Å²) in [7, 11) is 0. The number of carbonyl (C=O) groups is 1. The molecule has 0 aliphatic heterocycles. The van der Waals surface area contributed by atoms with Crippen LogP contribution in [0.3, 0.4) is 0 Å². The van der Waals surface area contributed by atoms with Crippen LogP contribution < -0.4 is 19.5 Å². The highest BCUT2D eigenvalue weighted by Gasteiger charge is 2.18. The Morgan fingerprint density at radius 3 is 2.07 bits per heavy atom. The van der Waals surface area contributed by atoms with Crippen molar-refractivity contribution in [2.75, 3.05) is 19.8 Å². The number of benzene rings is 2. The van der Waals surface area contributed by atoms with E-state index >= 15 is 0 Å². The van der Waals surface area contributed by atoms with Crippen LogP contribution in [-0.4, -0.2) is 25.7 Å². The molecule has 27 heavy (non-hydrogen) atoms. The molecule has 1 amide bonds. The highest BCUT2D eigenvalue weighted by Crippen LogP contribution is 2.39. The molecular weight excluding hydrogens is 349 g/mol. The molecule has 0 saturated carbocycles. The molecule has 0 aliphatic carbocycles. The molecule has 2 aromatic rings. The Kier molecular flexibility index (Phi) is 7.46. The van der Waals surface area contributed by atoms with E-state index in [1.165, 1.54) is 6.07 Å². The van der Waals surface area contributed by atoms with Crippen LogP contribution in [0.5, 0.6) is 17.2 Å². The van der Waals surface area contributed by atoms with Gasteiger partial charge in [-0.3, -0.25) is 4.79 Å². The van der Waals surface area contributed by atoms with Crippen LogP contribution in [0.2, 0.25) is 0 Å². The third kappa shape index (κ3) is 5.36. The van der Waals surface area contributed by atoms with Crippen molar-refractivity contribution >= 4 is 5.91 Å². The van der Waals surface area contributed by atoms with Crippen LogP contribution in [0.25, 0.3) is 0 Å². The number of carbonyl (C=O) groups excluding carboxylic acids is 1. The molecular formula is C21H26FNO4. The summed E-state index contributed by atoms with van der Waals surface area (Å²) in [6, 6.07) is 8.04. The molecule has 146 valence electrons. The van der Waals surface area contributed by atoms with Gasteiger partial charge in [-0.25, -0.2) is 4.39 Å². The predicted molar refractivity (Wildman–Crippen MR) is 102 cm³/mol. The minimum atomic E-state index is -0.276. The Labute approximate surface area is 159 Å². The number of hydrogen-bond donors (Lipinski definition) is 1. The zero-order valence-corrected chi connectivity index (χ0v) is 16.2. The Morgan fingerprint density at radius 2 is 1.56 bits per heavy atom. The van der Waals surface area contributed by atoms with E-state index in [1.54, 1.807) is 31.2 Å². The molecule has 0 bridgehead atoms. The maximum Gasteiger partial charge on any atom is 0.251 e. The van der Waals surface area contributed by atoms with E-state index in [1.807, 2.05) is 20.8 Å². The van der Waals surface area contributed by atoms with Gasteiger partial charge < -0.3 is 19.5 Å². The molecule has 6 heteroatoms. The molecule has 0 fully saturated rings. The minimum absolute atomic E-state index is 0.265. The SMILES string of the molecule is CCOc1cc(C(=O)NCc2ccc(F)c(C)c2)cc(OCC)c1OCC. The zero-order chi connectivity index (χ0) is 19.8. The van der Waals surface area contributed by atoms with Crippen LogP contribution in [0.1, 0.15) is 42.3 Å². The number of halogens is 1. The third-order valence-corrected chi connectivity index (χ3v) is 3.85. The summed E-state index contributed by atoms with van der Waals surface area (Å²) >= 11 is 0. The minimum Gasteiger partial charge on any atom is -0.490 e. The van der Waals surface area contributed by atoms with Gasteiger partial charge in [0.05, 0.1) is 19.8 Å². The van der Waals surface area contributed by atoms with Gasteiger partial charge in [0.15, 0.2) is 11.5 Å². The molecule has 0 unspecified atom stereocenters. The van der Waals surface area contributed by atoms with Gasteiger partial charge in [-0.2, -0.15) is 0 Å². The molecule has 5 nitrogen and oxygen atoms in total. The number of hydrogen-bond acceptors (Lipinski definition) is 4. The van der Waals surface area contributed by atoms with Gasteiger partial charge in [0.1, 0.15) is 5.82 Å². The van der Waals surface area contributed by atoms with E-state index in [0.717, 1.165) is 5.56 Å². The fourth-order valence-corrected chi connectivity index (χ4v) is 2.62. The second kappa shape index (κ2) is 9.80. The van der Waals surface area contributed by atoms with E-state index in [4.69, 9.17) is 14.2 Å². The van der Waals surface area contributed by atoms with Crippen LogP contribution in [0.15, 0.2) is 30.3 Å². The van der Waals surface area contributed by atoms with E-state index in [-0.39, 0.29) is 11.7 Å². The average Bonchev–Trinajstić information content (AvgIpc) is 2.65. The Bertz CT molecular complexity index is 765. The number of amides is 1. The third-order valence-electron chi connectivity index (χ3n) is 3.85. The number of nitrogens with one attached hydrogen (secondary N) is 1. The van der Waals surface area contributed by atoms with E-state index in [2.05, 4.69) is 5.32 Å². The zero-order valence-electron chi connectivity index (χ0n) is 16.2. The maximum absolute atomic E-state index is 13.4. The van der Waals surface area contributed by atoms with Crippen molar-refractivity contribution in [3.8, 4) is 17.2 Å². The molecule has 0 aromatic heterocycles. The Balaban J connectivity index is 2.24. The van der Waals surface area contributed by atoms with Crippen molar-refractivity contribution < 1.29 is 23.4 Å². The first-order valence-corrected chi connectivity index (χ1v) is 9.09. The monoisotopic (exact) mass is 375 g/mol. The van der Waals surface area contributed by atoms with E-state index in [9.17, 15) is 9.18 Å². The number of aryl methyl sites for hydroxylation is 1. The van der Waals surface area contributed by atoms with Gasteiger partial charge in [0.25, 0.3) is 5.91 Å². The van der Waals surface area contributed by atoms with Crippen molar-refractivity contribution in [1.29, 1.82) is 0 Å². The first-order valence-electron chi connectivity index (χ1n) is 9.09. The van der Waals surface area contributed by atoms with Crippen LogP contribution in [-0.2, 0) is 6.54 Å². The lowest BCUT2D eigenvalue weighted by atomic mass is 10.1. The smallest absolute Gasteiger partial charge is 0.251 e. The first-order chi connectivity index (χ1) is 13.0. The van der Waals surface area contributed by atoms with Gasteiger partial charge in [-0.05, 0) is 57.0 Å². The topological polar surface area (TPSA) is 56.8 Å². The van der Waals surface area contributed by atoms with Crippen molar-refractivity contribution in [3.63, 3.8) is 0 Å². The first kappa shape index (κ1) is 20.6. The average molecular weight is 375 g/mol. The second-order valence-electron chi connectivity index (χ2n) is 5.87. The molecule has 0 radical (unpaired) electrons. The summed E-state index contributed by atoms with van der Waals surface area (Å²) < 4.78 is 30.3. The Morgan fingerprint density at radius 1 is 0.963 bits per heavy atom. The number of rotatable bonds is 9.